The number of anilines is 1. The van der Waals surface area contributed by atoms with Gasteiger partial charge in [0.25, 0.3) is 0 Å². The van der Waals surface area contributed by atoms with Crippen molar-refractivity contribution in [2.24, 2.45) is 0 Å². The van der Waals surface area contributed by atoms with Crippen LogP contribution in [0.4, 0.5) is 5.69 Å². The third kappa shape index (κ3) is 4.82. The maximum Gasteiger partial charge on any atom is 0.437 e. The molecule has 1 aromatic heterocycles. The molecular formula is C23H19N3O4. The van der Waals surface area contributed by atoms with Gasteiger partial charge in [0.05, 0.1) is 0 Å². The van der Waals surface area contributed by atoms with Crippen LogP contribution in [-0.4, -0.2) is 15.7 Å². The molecule has 1 N–H and O–H groups in total. The molecule has 0 radical (unpaired) electrons. The molecule has 7 heteroatoms. The van der Waals surface area contributed by atoms with Crippen molar-refractivity contribution in [2.45, 2.75) is 13.2 Å². The van der Waals surface area contributed by atoms with Crippen LogP contribution in [0, 0.1) is 0 Å². The largest absolute Gasteiger partial charge is 0.489 e. The van der Waals surface area contributed by atoms with Crippen LogP contribution < -0.4 is 15.8 Å². The van der Waals surface area contributed by atoms with Crippen molar-refractivity contribution in [1.29, 1.82) is 0 Å². The number of amides is 1. The highest BCUT2D eigenvalue weighted by atomic mass is 16.5. The summed E-state index contributed by atoms with van der Waals surface area (Å²) < 4.78 is 11.9. The monoisotopic (exact) mass is 401 g/mol. The molecule has 1 heterocycles. The Bertz CT molecular complexity index is 1170. The van der Waals surface area contributed by atoms with Crippen LogP contribution in [0.1, 0.15) is 5.56 Å². The fourth-order valence-corrected chi connectivity index (χ4v) is 2.82. The number of hydrogen-bond acceptors (Lipinski definition) is 5. The summed E-state index contributed by atoms with van der Waals surface area (Å²) in [5.41, 5.74) is 2.33. The Morgan fingerprint density at radius 3 is 2.30 bits per heavy atom. The van der Waals surface area contributed by atoms with E-state index in [0.717, 1.165) is 10.2 Å². The molecule has 0 aliphatic carbocycles. The maximum absolute atomic E-state index is 12.3. The smallest absolute Gasteiger partial charge is 0.437 e. The molecule has 4 aromatic rings. The number of nitrogens with one attached hydrogen (secondary N) is 1. The second kappa shape index (κ2) is 8.91. The topological polar surface area (TPSA) is 86.4 Å². The molecule has 0 saturated carbocycles. The molecule has 0 spiro atoms. The van der Waals surface area contributed by atoms with Crippen LogP contribution in [0.2, 0.25) is 0 Å². The number of nitrogens with zero attached hydrogens (tertiary/aromatic N) is 2. The van der Waals surface area contributed by atoms with Crippen LogP contribution in [-0.2, 0) is 17.9 Å². The Morgan fingerprint density at radius 2 is 1.60 bits per heavy atom. The van der Waals surface area contributed by atoms with E-state index in [1.807, 2.05) is 48.5 Å². The number of carbonyl (C=O) groups is 1. The first-order valence-corrected chi connectivity index (χ1v) is 9.37. The van der Waals surface area contributed by atoms with Crippen molar-refractivity contribution in [1.82, 2.24) is 9.78 Å². The lowest BCUT2D eigenvalue weighted by Gasteiger charge is -2.08. The van der Waals surface area contributed by atoms with Gasteiger partial charge in [0.2, 0.25) is 11.8 Å². The molecule has 0 fully saturated rings. The first-order chi connectivity index (χ1) is 14.7. The van der Waals surface area contributed by atoms with E-state index in [9.17, 15) is 9.59 Å². The van der Waals surface area contributed by atoms with E-state index in [4.69, 9.17) is 9.15 Å². The number of benzene rings is 3. The van der Waals surface area contributed by atoms with Gasteiger partial charge in [-0.15, -0.1) is 5.10 Å². The van der Waals surface area contributed by atoms with Crippen molar-refractivity contribution in [2.75, 3.05) is 5.32 Å². The van der Waals surface area contributed by atoms with Gasteiger partial charge in [0, 0.05) is 11.3 Å². The van der Waals surface area contributed by atoms with Gasteiger partial charge in [-0.1, -0.05) is 48.5 Å². The summed E-state index contributed by atoms with van der Waals surface area (Å²) in [4.78, 5) is 24.3. The minimum Gasteiger partial charge on any atom is -0.489 e. The molecular weight excluding hydrogens is 382 g/mol. The second-order valence-electron chi connectivity index (χ2n) is 6.54. The van der Waals surface area contributed by atoms with Crippen molar-refractivity contribution in [3.63, 3.8) is 0 Å². The van der Waals surface area contributed by atoms with E-state index in [1.165, 1.54) is 0 Å². The van der Waals surface area contributed by atoms with Crippen molar-refractivity contribution in [3.05, 3.63) is 101 Å². The third-order valence-electron chi connectivity index (χ3n) is 4.31. The zero-order valence-corrected chi connectivity index (χ0v) is 16.0. The predicted octanol–water partition coefficient (Wildman–Crippen LogP) is 3.72. The van der Waals surface area contributed by atoms with Gasteiger partial charge in [0.1, 0.15) is 18.9 Å². The van der Waals surface area contributed by atoms with Crippen LogP contribution in [0.5, 0.6) is 5.75 Å². The summed E-state index contributed by atoms with van der Waals surface area (Å²) in [6.45, 7) is 0.215. The SMILES string of the molecule is O=C(Cn1nc(-c2ccccc2)oc1=O)Nc1ccc(OCc2ccccc2)cc1. The summed E-state index contributed by atoms with van der Waals surface area (Å²) in [5, 5.41) is 6.82. The number of rotatable bonds is 7. The molecule has 0 bridgehead atoms. The summed E-state index contributed by atoms with van der Waals surface area (Å²) in [6.07, 6.45) is 0. The van der Waals surface area contributed by atoms with E-state index < -0.39 is 5.76 Å². The average Bonchev–Trinajstić information content (AvgIpc) is 3.14. The Kier molecular flexibility index (Phi) is 5.70. The molecule has 0 atom stereocenters. The van der Waals surface area contributed by atoms with Gasteiger partial charge in [-0.25, -0.2) is 4.79 Å². The van der Waals surface area contributed by atoms with E-state index in [2.05, 4.69) is 10.4 Å². The number of ether oxygens (including phenoxy) is 1. The highest BCUT2D eigenvalue weighted by molar-refractivity contribution is 5.90. The molecule has 30 heavy (non-hydrogen) atoms. The minimum atomic E-state index is -0.686. The molecule has 3 aromatic carbocycles. The van der Waals surface area contributed by atoms with E-state index >= 15 is 0 Å². The van der Waals surface area contributed by atoms with Gasteiger partial charge in [-0.3, -0.25) is 4.79 Å². The summed E-state index contributed by atoms with van der Waals surface area (Å²) in [6, 6.07) is 25.9. The first kappa shape index (κ1) is 19.2. The van der Waals surface area contributed by atoms with Crippen LogP contribution >= 0.6 is 0 Å². The maximum atomic E-state index is 12.3. The quantitative estimate of drug-likeness (QED) is 0.510. The highest BCUT2D eigenvalue weighted by Crippen LogP contribution is 2.17. The average molecular weight is 401 g/mol. The zero-order valence-electron chi connectivity index (χ0n) is 16.0. The Labute approximate surface area is 172 Å². The van der Waals surface area contributed by atoms with E-state index in [0.29, 0.717) is 23.6 Å². The minimum absolute atomic E-state index is 0.174. The van der Waals surface area contributed by atoms with Crippen molar-refractivity contribution < 1.29 is 13.9 Å². The summed E-state index contributed by atoms with van der Waals surface area (Å²) in [5.74, 6) is -0.206. The van der Waals surface area contributed by atoms with Crippen molar-refractivity contribution in [3.8, 4) is 17.2 Å². The lowest BCUT2D eigenvalue weighted by Crippen LogP contribution is -2.25. The predicted molar refractivity (Wildman–Crippen MR) is 112 cm³/mol. The van der Waals surface area contributed by atoms with Gasteiger partial charge in [-0.05, 0) is 42.0 Å². The summed E-state index contributed by atoms with van der Waals surface area (Å²) >= 11 is 0. The Balaban J connectivity index is 1.34. The summed E-state index contributed by atoms with van der Waals surface area (Å²) in [7, 11) is 0. The van der Waals surface area contributed by atoms with Crippen LogP contribution in [0.15, 0.2) is 94.1 Å². The van der Waals surface area contributed by atoms with E-state index in [-0.39, 0.29) is 18.3 Å². The number of aromatic nitrogens is 2. The van der Waals surface area contributed by atoms with Gasteiger partial charge >= 0.3 is 5.76 Å². The van der Waals surface area contributed by atoms with Gasteiger partial charge < -0.3 is 14.5 Å². The third-order valence-corrected chi connectivity index (χ3v) is 4.31. The van der Waals surface area contributed by atoms with E-state index in [1.54, 1.807) is 36.4 Å². The normalized spacial score (nSPS) is 10.5. The van der Waals surface area contributed by atoms with Crippen molar-refractivity contribution >= 4 is 11.6 Å². The first-order valence-electron chi connectivity index (χ1n) is 9.37. The molecule has 150 valence electrons. The molecule has 4 rings (SSSR count). The van der Waals surface area contributed by atoms with Crippen LogP contribution in [0.3, 0.4) is 0 Å². The second-order valence-corrected chi connectivity index (χ2v) is 6.54. The van der Waals surface area contributed by atoms with Crippen LogP contribution in [0.25, 0.3) is 11.5 Å². The Morgan fingerprint density at radius 1 is 0.933 bits per heavy atom. The molecule has 0 saturated heterocycles. The van der Waals surface area contributed by atoms with Gasteiger partial charge in [-0.2, -0.15) is 4.68 Å². The Hall–Kier alpha value is -4.13. The standard InChI is InChI=1S/C23H19N3O4/c27-21(15-26-23(28)30-22(25-26)18-9-5-2-6-10-18)24-19-11-13-20(14-12-19)29-16-17-7-3-1-4-8-17/h1-14H,15-16H2,(H,24,27). The fourth-order valence-electron chi connectivity index (χ4n) is 2.82. The fraction of sp³-hybridized carbons (Fsp3) is 0.0870. The molecule has 0 aliphatic heterocycles. The number of carbonyl (C=O) groups excluding carboxylic acids is 1. The molecule has 0 aliphatic rings. The van der Waals surface area contributed by atoms with Gasteiger partial charge in [0.15, 0.2) is 0 Å². The zero-order chi connectivity index (χ0) is 20.8. The highest BCUT2D eigenvalue weighted by Gasteiger charge is 2.13. The lowest BCUT2D eigenvalue weighted by atomic mass is 10.2. The molecule has 1 amide bonds. The lowest BCUT2D eigenvalue weighted by molar-refractivity contribution is -0.117. The molecule has 0 unspecified atom stereocenters. The number of hydrogen-bond donors (Lipinski definition) is 1. The molecule has 7 nitrogen and oxygen atoms in total.